The molecule has 7 nitrogen and oxygen atoms in total. The molecule has 26 heavy (non-hydrogen) atoms. The predicted octanol–water partition coefficient (Wildman–Crippen LogP) is 2.04. The molecule has 1 fully saturated rings. The molecule has 1 aliphatic heterocycles. The lowest BCUT2D eigenvalue weighted by atomic mass is 10.1. The largest absolute Gasteiger partial charge is 0.456 e. The molecule has 136 valence electrons. The maximum absolute atomic E-state index is 12.8. The van der Waals surface area contributed by atoms with E-state index >= 15 is 0 Å². The Labute approximate surface area is 152 Å². The molecule has 1 N–H and O–H groups in total. The molecule has 0 atom stereocenters. The minimum Gasteiger partial charge on any atom is -0.456 e. The molecule has 2 heterocycles. The Morgan fingerprint density at radius 1 is 1.23 bits per heavy atom. The summed E-state index contributed by atoms with van der Waals surface area (Å²) < 4.78 is 32.2. The first-order valence-corrected chi connectivity index (χ1v) is 9.72. The molecule has 1 amide bonds. The summed E-state index contributed by atoms with van der Waals surface area (Å²) >= 11 is 0. The van der Waals surface area contributed by atoms with Gasteiger partial charge in [0, 0.05) is 19.1 Å². The molecule has 0 bridgehead atoms. The molecule has 0 saturated carbocycles. The van der Waals surface area contributed by atoms with Crippen LogP contribution in [-0.4, -0.2) is 37.8 Å². The lowest BCUT2D eigenvalue weighted by molar-refractivity contribution is 0.0894. The van der Waals surface area contributed by atoms with Crippen molar-refractivity contribution in [1.29, 1.82) is 5.26 Å². The van der Waals surface area contributed by atoms with E-state index in [0.29, 0.717) is 18.6 Å². The first kappa shape index (κ1) is 18.2. The Kier molecular flexibility index (Phi) is 5.11. The van der Waals surface area contributed by atoms with Crippen molar-refractivity contribution in [2.45, 2.75) is 30.7 Å². The maximum Gasteiger partial charge on any atom is 0.287 e. The van der Waals surface area contributed by atoms with Crippen LogP contribution >= 0.6 is 0 Å². The quantitative estimate of drug-likeness (QED) is 0.883. The molecule has 0 unspecified atom stereocenters. The van der Waals surface area contributed by atoms with E-state index in [1.54, 1.807) is 31.2 Å². The van der Waals surface area contributed by atoms with Gasteiger partial charge in [-0.05, 0) is 44.0 Å². The summed E-state index contributed by atoms with van der Waals surface area (Å²) in [6, 6.07) is 11.3. The number of furan rings is 1. The topological polar surface area (TPSA) is 103 Å². The van der Waals surface area contributed by atoms with Gasteiger partial charge < -0.3 is 9.73 Å². The second-order valence-electron chi connectivity index (χ2n) is 6.17. The zero-order chi connectivity index (χ0) is 18.7. The van der Waals surface area contributed by atoms with Gasteiger partial charge in [0.15, 0.2) is 5.76 Å². The van der Waals surface area contributed by atoms with Crippen LogP contribution in [0.15, 0.2) is 45.7 Å². The van der Waals surface area contributed by atoms with E-state index in [1.807, 2.05) is 6.07 Å². The van der Waals surface area contributed by atoms with Crippen molar-refractivity contribution >= 4 is 15.9 Å². The average Bonchev–Trinajstić information content (AvgIpc) is 3.08. The first-order valence-electron chi connectivity index (χ1n) is 8.28. The van der Waals surface area contributed by atoms with Crippen LogP contribution in [0, 0.1) is 18.3 Å². The van der Waals surface area contributed by atoms with Crippen molar-refractivity contribution in [3.63, 3.8) is 0 Å². The van der Waals surface area contributed by atoms with Crippen LogP contribution in [0.3, 0.4) is 0 Å². The smallest absolute Gasteiger partial charge is 0.287 e. The van der Waals surface area contributed by atoms with E-state index in [0.717, 1.165) is 0 Å². The number of nitriles is 1. The van der Waals surface area contributed by atoms with Crippen molar-refractivity contribution in [1.82, 2.24) is 9.62 Å². The highest BCUT2D eigenvalue weighted by Crippen LogP contribution is 2.23. The summed E-state index contributed by atoms with van der Waals surface area (Å²) in [5.41, 5.74) is 0.135. The fraction of sp³-hybridized carbons (Fsp3) is 0.333. The first-order chi connectivity index (χ1) is 12.4. The molecule has 0 aliphatic carbocycles. The average molecular weight is 373 g/mol. The molecule has 1 aromatic carbocycles. The number of nitrogens with zero attached hydrogens (tertiary/aromatic N) is 2. The number of piperidine rings is 1. The van der Waals surface area contributed by atoms with Crippen molar-refractivity contribution in [3.05, 3.63) is 53.5 Å². The molecule has 1 aromatic heterocycles. The van der Waals surface area contributed by atoms with Gasteiger partial charge in [-0.3, -0.25) is 4.79 Å². The van der Waals surface area contributed by atoms with Crippen molar-refractivity contribution in [2.75, 3.05) is 13.1 Å². The third-order valence-corrected chi connectivity index (χ3v) is 6.34. The second-order valence-corrected chi connectivity index (χ2v) is 8.08. The number of hydrogen-bond donors (Lipinski definition) is 1. The van der Waals surface area contributed by atoms with Crippen LogP contribution in [0.25, 0.3) is 0 Å². The number of nitrogens with one attached hydrogen (secondary N) is 1. The SMILES string of the molecule is Cc1ccc(C(=O)NC2CCN(S(=O)(=O)c3ccccc3C#N)CC2)o1. The van der Waals surface area contributed by atoms with E-state index < -0.39 is 10.0 Å². The number of carbonyl (C=O) groups is 1. The number of sulfonamides is 1. The molecule has 8 heteroatoms. The second kappa shape index (κ2) is 7.32. The summed E-state index contributed by atoms with van der Waals surface area (Å²) in [6.07, 6.45) is 0.999. The van der Waals surface area contributed by atoms with Crippen molar-refractivity contribution in [3.8, 4) is 6.07 Å². The van der Waals surface area contributed by atoms with Crippen LogP contribution < -0.4 is 5.32 Å². The number of carbonyl (C=O) groups excluding carboxylic acids is 1. The molecule has 1 saturated heterocycles. The molecule has 0 radical (unpaired) electrons. The standard InChI is InChI=1S/C18H19N3O4S/c1-13-6-7-16(25-13)18(22)20-15-8-10-21(11-9-15)26(23,24)17-5-3-2-4-14(17)12-19/h2-7,15H,8-11H2,1H3,(H,20,22). The number of hydrogen-bond acceptors (Lipinski definition) is 5. The summed E-state index contributed by atoms with van der Waals surface area (Å²) in [5, 5.41) is 12.0. The Hall–Kier alpha value is -2.63. The van der Waals surface area contributed by atoms with Gasteiger partial charge in [-0.25, -0.2) is 8.42 Å². The van der Waals surface area contributed by atoms with Crippen LogP contribution in [0.5, 0.6) is 0 Å². The minimum absolute atomic E-state index is 0.0241. The van der Waals surface area contributed by atoms with Crippen molar-refractivity contribution in [2.24, 2.45) is 0 Å². The summed E-state index contributed by atoms with van der Waals surface area (Å²) in [5.74, 6) is 0.613. The lowest BCUT2D eigenvalue weighted by Crippen LogP contribution is -2.46. The normalized spacial score (nSPS) is 16.2. The fourth-order valence-corrected chi connectivity index (χ4v) is 4.59. The van der Waals surface area contributed by atoms with Crippen LogP contribution in [-0.2, 0) is 10.0 Å². The van der Waals surface area contributed by atoms with Gasteiger partial charge in [-0.15, -0.1) is 0 Å². The summed E-state index contributed by atoms with van der Waals surface area (Å²) in [7, 11) is -3.73. The highest BCUT2D eigenvalue weighted by atomic mass is 32.2. The Bertz CT molecular complexity index is 951. The van der Waals surface area contributed by atoms with E-state index in [2.05, 4.69) is 5.32 Å². The zero-order valence-electron chi connectivity index (χ0n) is 14.3. The van der Waals surface area contributed by atoms with Gasteiger partial charge in [0.1, 0.15) is 11.8 Å². The third-order valence-electron chi connectivity index (χ3n) is 4.38. The number of rotatable bonds is 4. The molecule has 2 aromatic rings. The van der Waals surface area contributed by atoms with E-state index in [4.69, 9.17) is 9.68 Å². The van der Waals surface area contributed by atoms with Crippen LogP contribution in [0.2, 0.25) is 0 Å². The van der Waals surface area contributed by atoms with Gasteiger partial charge in [0.2, 0.25) is 10.0 Å². The van der Waals surface area contributed by atoms with Crippen molar-refractivity contribution < 1.29 is 17.6 Å². The maximum atomic E-state index is 12.8. The van der Waals surface area contributed by atoms with Gasteiger partial charge in [-0.1, -0.05) is 12.1 Å². The number of amides is 1. The Balaban J connectivity index is 1.65. The van der Waals surface area contributed by atoms with Crippen LogP contribution in [0.4, 0.5) is 0 Å². The van der Waals surface area contributed by atoms with E-state index in [1.165, 1.54) is 16.4 Å². The van der Waals surface area contributed by atoms with E-state index in [-0.39, 0.29) is 41.3 Å². The third kappa shape index (κ3) is 3.64. The molecule has 1 aliphatic rings. The van der Waals surface area contributed by atoms with Gasteiger partial charge in [-0.2, -0.15) is 9.57 Å². The summed E-state index contributed by atoms with van der Waals surface area (Å²) in [4.78, 5) is 12.2. The Morgan fingerprint density at radius 3 is 2.54 bits per heavy atom. The van der Waals surface area contributed by atoms with Gasteiger partial charge in [0.05, 0.1) is 10.5 Å². The van der Waals surface area contributed by atoms with Gasteiger partial charge in [0.25, 0.3) is 5.91 Å². The lowest BCUT2D eigenvalue weighted by Gasteiger charge is -2.31. The monoisotopic (exact) mass is 373 g/mol. The minimum atomic E-state index is -3.73. The van der Waals surface area contributed by atoms with Crippen LogP contribution in [0.1, 0.15) is 34.7 Å². The zero-order valence-corrected chi connectivity index (χ0v) is 15.1. The van der Waals surface area contributed by atoms with E-state index in [9.17, 15) is 13.2 Å². The fourth-order valence-electron chi connectivity index (χ4n) is 2.98. The molecular weight excluding hydrogens is 354 g/mol. The molecule has 3 rings (SSSR count). The molecular formula is C18H19N3O4S. The highest BCUT2D eigenvalue weighted by molar-refractivity contribution is 7.89. The van der Waals surface area contributed by atoms with Gasteiger partial charge >= 0.3 is 0 Å². The Morgan fingerprint density at radius 2 is 1.92 bits per heavy atom. The summed E-state index contributed by atoms with van der Waals surface area (Å²) in [6.45, 7) is 2.33. The highest BCUT2D eigenvalue weighted by Gasteiger charge is 2.31. The number of aryl methyl sites for hydroxylation is 1. The predicted molar refractivity (Wildman–Crippen MR) is 93.8 cm³/mol. The molecule has 0 spiro atoms. The number of benzene rings is 1.